The molecule has 1 aliphatic rings. The molecule has 9 heteroatoms. The maximum absolute atomic E-state index is 12.9. The summed E-state index contributed by atoms with van der Waals surface area (Å²) < 4.78 is 32.2. The second-order valence-electron chi connectivity index (χ2n) is 6.23. The number of benzene rings is 2. The summed E-state index contributed by atoms with van der Waals surface area (Å²) in [5.41, 5.74) is 7.50. The van der Waals surface area contributed by atoms with Gasteiger partial charge in [-0.05, 0) is 36.8 Å². The summed E-state index contributed by atoms with van der Waals surface area (Å²) in [6.45, 7) is -3.09. The lowest BCUT2D eigenvalue weighted by Crippen LogP contribution is -2.15. The third kappa shape index (κ3) is 2.90. The minimum atomic E-state index is -3.09. The zero-order valence-electron chi connectivity index (χ0n) is 13.8. The number of carboxylic acid groups (broad SMARTS) is 1. The van der Waals surface area contributed by atoms with Crippen molar-refractivity contribution < 1.29 is 23.4 Å². The highest BCUT2D eigenvalue weighted by Gasteiger charge is 2.37. The van der Waals surface area contributed by atoms with E-state index < -0.39 is 24.7 Å². The molecule has 0 amide bonds. The van der Waals surface area contributed by atoms with Gasteiger partial charge in [0.25, 0.3) is 0 Å². The van der Waals surface area contributed by atoms with Crippen LogP contribution in [0.1, 0.15) is 40.3 Å². The van der Waals surface area contributed by atoms with Crippen LogP contribution in [0.15, 0.2) is 36.4 Å². The highest BCUT2D eigenvalue weighted by atomic mass is 35.5. The van der Waals surface area contributed by atoms with Crippen LogP contribution in [-0.4, -0.2) is 27.2 Å². The lowest BCUT2D eigenvalue weighted by Gasteiger charge is -2.21. The highest BCUT2D eigenvalue weighted by Crippen LogP contribution is 2.44. The van der Waals surface area contributed by atoms with Gasteiger partial charge in [-0.3, -0.25) is 0 Å². The van der Waals surface area contributed by atoms with Crippen LogP contribution in [-0.2, 0) is 0 Å². The number of fused-ring (bicyclic) bond motifs is 3. The Bertz CT molecular complexity index is 1050. The van der Waals surface area contributed by atoms with E-state index in [0.29, 0.717) is 28.3 Å². The topological polar surface area (TPSA) is 90.4 Å². The monoisotopic (exact) mass is 393 g/mol. The van der Waals surface area contributed by atoms with Crippen molar-refractivity contribution in [3.05, 3.63) is 58.4 Å². The number of carboxylic acids is 1. The van der Waals surface area contributed by atoms with Gasteiger partial charge in [0.15, 0.2) is 0 Å². The molecule has 2 heterocycles. The van der Waals surface area contributed by atoms with E-state index in [0.717, 1.165) is 0 Å². The number of hydrogen-bond donors (Lipinski definition) is 2. The number of halogens is 3. The Balaban J connectivity index is 1.97. The van der Waals surface area contributed by atoms with Crippen molar-refractivity contribution in [3.8, 4) is 5.75 Å². The lowest BCUT2D eigenvalue weighted by atomic mass is 9.96. The molecule has 0 saturated carbocycles. The first kappa shape index (κ1) is 17.7. The summed E-state index contributed by atoms with van der Waals surface area (Å²) in [5, 5.41) is 10.1. The van der Waals surface area contributed by atoms with Gasteiger partial charge in [-0.15, -0.1) is 0 Å². The van der Waals surface area contributed by atoms with E-state index in [2.05, 4.69) is 9.72 Å². The van der Waals surface area contributed by atoms with Crippen LogP contribution in [0.3, 0.4) is 0 Å². The zero-order chi connectivity index (χ0) is 19.3. The number of nitrogens with two attached hydrogens (primary N) is 1. The van der Waals surface area contributed by atoms with Gasteiger partial charge in [-0.1, -0.05) is 17.7 Å². The van der Waals surface area contributed by atoms with Crippen molar-refractivity contribution in [2.45, 2.75) is 25.1 Å². The molecule has 0 radical (unpaired) electrons. The lowest BCUT2D eigenvalue weighted by molar-refractivity contribution is -0.0507. The molecule has 4 rings (SSSR count). The van der Waals surface area contributed by atoms with Crippen LogP contribution in [0.4, 0.5) is 8.78 Å². The molecular formula is C18H14ClF2N3O3. The van der Waals surface area contributed by atoms with E-state index in [4.69, 9.17) is 17.3 Å². The van der Waals surface area contributed by atoms with Crippen molar-refractivity contribution in [1.29, 1.82) is 0 Å². The Morgan fingerprint density at radius 1 is 1.37 bits per heavy atom. The van der Waals surface area contributed by atoms with Crippen LogP contribution in [0, 0.1) is 0 Å². The highest BCUT2D eigenvalue weighted by molar-refractivity contribution is 6.31. The fraction of sp³-hybridized carbons (Fsp3) is 0.222. The number of carbonyl (C=O) groups is 1. The Kier molecular flexibility index (Phi) is 4.24. The molecule has 3 N–H and O–H groups in total. The number of hydrogen-bond acceptors (Lipinski definition) is 4. The summed E-state index contributed by atoms with van der Waals surface area (Å²) in [7, 11) is 0. The first-order valence-corrected chi connectivity index (χ1v) is 8.48. The number of aromatic carboxylic acids is 1. The first-order chi connectivity index (χ1) is 12.9. The molecule has 1 aromatic heterocycles. The molecule has 1 aliphatic heterocycles. The fourth-order valence-corrected chi connectivity index (χ4v) is 3.81. The summed E-state index contributed by atoms with van der Waals surface area (Å²) in [4.78, 5) is 16.2. The van der Waals surface area contributed by atoms with Gasteiger partial charge in [-0.25, -0.2) is 9.78 Å². The van der Waals surface area contributed by atoms with Crippen LogP contribution in [0.25, 0.3) is 11.0 Å². The van der Waals surface area contributed by atoms with Gasteiger partial charge in [0, 0.05) is 10.6 Å². The number of nitrogens with zero attached hydrogens (tertiary/aromatic N) is 2. The average molecular weight is 394 g/mol. The van der Waals surface area contributed by atoms with Crippen LogP contribution < -0.4 is 10.5 Å². The molecule has 0 unspecified atom stereocenters. The molecule has 27 heavy (non-hydrogen) atoms. The van der Waals surface area contributed by atoms with Crippen LogP contribution in [0.2, 0.25) is 5.02 Å². The Morgan fingerprint density at radius 3 is 2.85 bits per heavy atom. The van der Waals surface area contributed by atoms with Gasteiger partial charge in [-0.2, -0.15) is 8.78 Å². The van der Waals surface area contributed by atoms with Gasteiger partial charge in [0.1, 0.15) is 11.6 Å². The maximum Gasteiger partial charge on any atom is 0.387 e. The molecule has 6 nitrogen and oxygen atoms in total. The second-order valence-corrected chi connectivity index (χ2v) is 6.67. The van der Waals surface area contributed by atoms with E-state index in [-0.39, 0.29) is 16.9 Å². The summed E-state index contributed by atoms with van der Waals surface area (Å²) in [5.74, 6) is -0.895. The molecule has 0 spiro atoms. The van der Waals surface area contributed by atoms with Gasteiger partial charge in [0.05, 0.1) is 28.7 Å². The smallest absolute Gasteiger partial charge is 0.387 e. The predicted molar refractivity (Wildman–Crippen MR) is 94.5 cm³/mol. The van der Waals surface area contributed by atoms with Gasteiger partial charge in [0.2, 0.25) is 0 Å². The van der Waals surface area contributed by atoms with Gasteiger partial charge >= 0.3 is 12.6 Å². The molecule has 3 aromatic rings. The summed E-state index contributed by atoms with van der Waals surface area (Å²) >= 11 is 6.10. The summed E-state index contributed by atoms with van der Waals surface area (Å²) in [6.07, 6.45) is 0.300. The molecule has 2 aromatic carbocycles. The number of rotatable bonds is 4. The van der Waals surface area contributed by atoms with Crippen molar-refractivity contribution in [2.75, 3.05) is 0 Å². The number of ether oxygens (including phenoxy) is 1. The molecule has 2 atom stereocenters. The zero-order valence-corrected chi connectivity index (χ0v) is 14.5. The normalized spacial score (nSPS) is 18.9. The molecule has 0 aliphatic carbocycles. The first-order valence-electron chi connectivity index (χ1n) is 8.10. The van der Waals surface area contributed by atoms with E-state index >= 15 is 0 Å². The third-order valence-electron chi connectivity index (χ3n) is 4.65. The van der Waals surface area contributed by atoms with E-state index in [1.807, 2.05) is 0 Å². The SMILES string of the molecule is N[C@@H]1C[C@H](c2c(OC(F)F)cccc2C(=O)O)n2c1nc1ccc(Cl)cc12. The molecule has 140 valence electrons. The van der Waals surface area contributed by atoms with Gasteiger partial charge < -0.3 is 20.1 Å². The van der Waals surface area contributed by atoms with E-state index in [1.54, 1.807) is 22.8 Å². The van der Waals surface area contributed by atoms with Crippen LogP contribution >= 0.6 is 11.6 Å². The van der Waals surface area contributed by atoms with Crippen molar-refractivity contribution >= 4 is 28.6 Å². The van der Waals surface area contributed by atoms with E-state index in [9.17, 15) is 18.7 Å². The predicted octanol–water partition coefficient (Wildman–Crippen LogP) is 3.98. The largest absolute Gasteiger partial charge is 0.478 e. The molecule has 0 fully saturated rings. The van der Waals surface area contributed by atoms with Crippen molar-refractivity contribution in [3.63, 3.8) is 0 Å². The minimum Gasteiger partial charge on any atom is -0.478 e. The number of alkyl halides is 2. The van der Waals surface area contributed by atoms with Crippen LogP contribution in [0.5, 0.6) is 5.75 Å². The second kappa shape index (κ2) is 6.47. The fourth-order valence-electron chi connectivity index (χ4n) is 3.65. The summed E-state index contributed by atoms with van der Waals surface area (Å²) in [6, 6.07) is 8.03. The third-order valence-corrected chi connectivity index (χ3v) is 4.88. The molecular weight excluding hydrogens is 380 g/mol. The van der Waals surface area contributed by atoms with Crippen molar-refractivity contribution in [2.24, 2.45) is 5.73 Å². The van der Waals surface area contributed by atoms with Crippen molar-refractivity contribution in [1.82, 2.24) is 9.55 Å². The maximum atomic E-state index is 12.9. The quantitative estimate of drug-likeness (QED) is 0.699. The minimum absolute atomic E-state index is 0.123. The average Bonchev–Trinajstić information content (AvgIpc) is 3.12. The number of imidazole rings is 1. The Morgan fingerprint density at radius 2 is 2.15 bits per heavy atom. The standard InChI is InChI=1S/C18H14ClF2N3O3/c19-8-4-5-11-12(6-8)24-13(7-10(22)16(24)23-11)15-9(17(25)26)2-1-3-14(15)27-18(20)21/h1-6,10,13,18H,7,22H2,(H,25,26)/t10-,13-/m1/s1. The number of aromatic nitrogens is 2. The molecule has 0 bridgehead atoms. The van der Waals surface area contributed by atoms with E-state index in [1.165, 1.54) is 18.2 Å². The Hall–Kier alpha value is -2.71. The molecule has 0 saturated heterocycles. The Labute approximate surface area is 157 Å².